The van der Waals surface area contributed by atoms with Gasteiger partial charge in [0.05, 0.1) is 11.3 Å². The van der Waals surface area contributed by atoms with Gasteiger partial charge in [0.1, 0.15) is 11.5 Å². The topological polar surface area (TPSA) is 53.4 Å². The molecule has 6 heteroatoms. The number of phenolic OH excluding ortho intramolecular Hbond substituents is 2. The van der Waals surface area contributed by atoms with Crippen LogP contribution in [0.1, 0.15) is 11.3 Å². The fourth-order valence-electron chi connectivity index (χ4n) is 1.74. The first-order chi connectivity index (χ1) is 7.80. The molecule has 2 N–H and O–H groups in total. The molecule has 0 fully saturated rings. The van der Waals surface area contributed by atoms with E-state index in [-0.39, 0.29) is 16.5 Å². The van der Waals surface area contributed by atoms with Crippen molar-refractivity contribution in [3.8, 4) is 11.5 Å². The first-order valence-electron chi connectivity index (χ1n) is 4.69. The van der Waals surface area contributed by atoms with Gasteiger partial charge in [-0.25, -0.2) is 0 Å². The van der Waals surface area contributed by atoms with E-state index in [4.69, 9.17) is 0 Å². The van der Waals surface area contributed by atoms with Crippen LogP contribution in [0.3, 0.4) is 0 Å². The van der Waals surface area contributed by atoms with Gasteiger partial charge in [-0.3, -0.25) is 4.98 Å². The highest BCUT2D eigenvalue weighted by Gasteiger charge is 2.35. The lowest BCUT2D eigenvalue weighted by molar-refractivity contribution is -0.137. The number of fused-ring (bicyclic) bond motifs is 1. The molecule has 0 aliphatic carbocycles. The second-order valence-electron chi connectivity index (χ2n) is 3.64. The largest absolute Gasteiger partial charge is 0.508 e. The maximum atomic E-state index is 12.8. The molecule has 17 heavy (non-hydrogen) atoms. The number of aryl methyl sites for hydroxylation is 1. The van der Waals surface area contributed by atoms with Crippen molar-refractivity contribution in [2.45, 2.75) is 13.1 Å². The molecule has 0 spiro atoms. The molecular weight excluding hydrogens is 235 g/mol. The number of halogens is 3. The molecule has 1 aromatic carbocycles. The minimum atomic E-state index is -4.59. The molecule has 3 nitrogen and oxygen atoms in total. The van der Waals surface area contributed by atoms with Crippen LogP contribution in [0, 0.1) is 6.92 Å². The summed E-state index contributed by atoms with van der Waals surface area (Å²) < 4.78 is 38.5. The highest BCUT2D eigenvalue weighted by Crippen LogP contribution is 2.40. The third-order valence-electron chi connectivity index (χ3n) is 2.44. The number of aromatic hydroxyl groups is 2. The fraction of sp³-hybridized carbons (Fsp3) is 0.182. The van der Waals surface area contributed by atoms with E-state index < -0.39 is 23.2 Å². The van der Waals surface area contributed by atoms with Crippen molar-refractivity contribution in [2.75, 3.05) is 0 Å². The summed E-state index contributed by atoms with van der Waals surface area (Å²) in [7, 11) is 0. The molecule has 0 saturated carbocycles. The molecule has 1 aromatic heterocycles. The molecule has 2 rings (SSSR count). The second-order valence-corrected chi connectivity index (χ2v) is 3.64. The summed E-state index contributed by atoms with van der Waals surface area (Å²) in [6.45, 7) is 1.23. The van der Waals surface area contributed by atoms with Gasteiger partial charge in [-0.05, 0) is 13.0 Å². The van der Waals surface area contributed by atoms with Crippen molar-refractivity contribution in [1.29, 1.82) is 0 Å². The van der Waals surface area contributed by atoms with Crippen LogP contribution in [-0.2, 0) is 6.18 Å². The number of hydrogen-bond donors (Lipinski definition) is 2. The molecule has 0 unspecified atom stereocenters. The maximum Gasteiger partial charge on any atom is 0.418 e. The zero-order chi connectivity index (χ0) is 12.8. The lowest BCUT2D eigenvalue weighted by Gasteiger charge is -2.13. The predicted octanol–water partition coefficient (Wildman–Crippen LogP) is 2.97. The number of aromatic nitrogens is 1. The normalized spacial score (nSPS) is 12.0. The molecule has 0 aliphatic rings. The lowest BCUT2D eigenvalue weighted by Crippen LogP contribution is -2.09. The molecule has 0 aliphatic heterocycles. The van der Waals surface area contributed by atoms with Crippen molar-refractivity contribution in [3.63, 3.8) is 0 Å². The van der Waals surface area contributed by atoms with Crippen molar-refractivity contribution in [2.24, 2.45) is 0 Å². The zero-order valence-corrected chi connectivity index (χ0v) is 8.71. The number of benzene rings is 1. The zero-order valence-electron chi connectivity index (χ0n) is 8.71. The summed E-state index contributed by atoms with van der Waals surface area (Å²) in [5, 5.41) is 18.4. The van der Waals surface area contributed by atoms with Gasteiger partial charge < -0.3 is 10.2 Å². The van der Waals surface area contributed by atoms with E-state index in [9.17, 15) is 23.4 Å². The van der Waals surface area contributed by atoms with Crippen LogP contribution < -0.4 is 0 Å². The Hall–Kier alpha value is -1.98. The molecule has 0 bridgehead atoms. The molecule has 90 valence electrons. The maximum absolute atomic E-state index is 12.8. The summed E-state index contributed by atoms with van der Waals surface area (Å²) in [5.74, 6) is -0.857. The van der Waals surface area contributed by atoms with Crippen molar-refractivity contribution in [1.82, 2.24) is 4.98 Å². The summed E-state index contributed by atoms with van der Waals surface area (Å²) in [5.41, 5.74) is -1.14. The Bertz CT molecular complexity index is 593. The van der Waals surface area contributed by atoms with Gasteiger partial charge >= 0.3 is 6.18 Å². The van der Waals surface area contributed by atoms with E-state index >= 15 is 0 Å². The third-order valence-corrected chi connectivity index (χ3v) is 2.44. The van der Waals surface area contributed by atoms with Gasteiger partial charge in [0.2, 0.25) is 0 Å². The average Bonchev–Trinajstić information content (AvgIpc) is 2.13. The van der Waals surface area contributed by atoms with Crippen LogP contribution in [-0.4, -0.2) is 15.2 Å². The van der Waals surface area contributed by atoms with Gasteiger partial charge in [-0.1, -0.05) is 0 Å². The smallest absolute Gasteiger partial charge is 0.418 e. The Morgan fingerprint density at radius 2 is 1.76 bits per heavy atom. The second kappa shape index (κ2) is 3.51. The van der Waals surface area contributed by atoms with E-state index in [2.05, 4.69) is 4.98 Å². The molecule has 0 amide bonds. The standard InChI is InChI=1S/C11H8F3NO2/c1-5-10(11(12,13)14)7-2-6(16)3-9(17)8(7)4-15-5/h2-4,16-17H,1H3. The monoisotopic (exact) mass is 243 g/mol. The molecule has 2 aromatic rings. The number of nitrogens with zero attached hydrogens (tertiary/aromatic N) is 1. The number of phenols is 2. The number of hydrogen-bond acceptors (Lipinski definition) is 3. The van der Waals surface area contributed by atoms with Crippen molar-refractivity contribution >= 4 is 10.8 Å². The fourth-order valence-corrected chi connectivity index (χ4v) is 1.74. The third kappa shape index (κ3) is 1.86. The summed E-state index contributed by atoms with van der Waals surface area (Å²) in [4.78, 5) is 3.60. The Balaban J connectivity index is 2.95. The van der Waals surface area contributed by atoms with Crippen LogP contribution in [0.2, 0.25) is 0 Å². The van der Waals surface area contributed by atoms with Crippen LogP contribution in [0.25, 0.3) is 10.8 Å². The van der Waals surface area contributed by atoms with Crippen LogP contribution in [0.4, 0.5) is 13.2 Å². The minimum Gasteiger partial charge on any atom is -0.508 e. The van der Waals surface area contributed by atoms with E-state index in [1.165, 1.54) is 6.92 Å². The molecular formula is C11H8F3NO2. The number of pyridine rings is 1. The summed E-state index contributed by atoms with van der Waals surface area (Å²) >= 11 is 0. The van der Waals surface area contributed by atoms with E-state index in [1.807, 2.05) is 0 Å². The quantitative estimate of drug-likeness (QED) is 0.747. The highest BCUT2D eigenvalue weighted by atomic mass is 19.4. The Labute approximate surface area is 94.1 Å². The van der Waals surface area contributed by atoms with E-state index in [0.29, 0.717) is 0 Å². The SMILES string of the molecule is Cc1ncc2c(O)cc(O)cc2c1C(F)(F)F. The number of rotatable bonds is 0. The van der Waals surface area contributed by atoms with Gasteiger partial charge in [0.25, 0.3) is 0 Å². The molecule has 0 radical (unpaired) electrons. The van der Waals surface area contributed by atoms with E-state index in [0.717, 1.165) is 18.3 Å². The van der Waals surface area contributed by atoms with Crippen LogP contribution in [0.15, 0.2) is 18.3 Å². The van der Waals surface area contributed by atoms with Crippen LogP contribution >= 0.6 is 0 Å². The molecule has 0 saturated heterocycles. The highest BCUT2D eigenvalue weighted by molar-refractivity contribution is 5.92. The van der Waals surface area contributed by atoms with Crippen molar-refractivity contribution in [3.05, 3.63) is 29.6 Å². The minimum absolute atomic E-state index is 0.0410. The summed E-state index contributed by atoms with van der Waals surface area (Å²) in [6, 6.07) is 1.94. The Morgan fingerprint density at radius 1 is 1.12 bits per heavy atom. The lowest BCUT2D eigenvalue weighted by atomic mass is 10.0. The van der Waals surface area contributed by atoms with Gasteiger partial charge in [-0.2, -0.15) is 13.2 Å². The van der Waals surface area contributed by atoms with Crippen LogP contribution in [0.5, 0.6) is 11.5 Å². The van der Waals surface area contributed by atoms with Gasteiger partial charge in [0, 0.05) is 23.0 Å². The van der Waals surface area contributed by atoms with E-state index in [1.54, 1.807) is 0 Å². The predicted molar refractivity (Wildman–Crippen MR) is 54.8 cm³/mol. The number of alkyl halides is 3. The molecule has 0 atom stereocenters. The average molecular weight is 243 g/mol. The van der Waals surface area contributed by atoms with Gasteiger partial charge in [0.15, 0.2) is 0 Å². The first kappa shape index (κ1) is 11.5. The van der Waals surface area contributed by atoms with Gasteiger partial charge in [-0.15, -0.1) is 0 Å². The molecule has 1 heterocycles. The first-order valence-corrected chi connectivity index (χ1v) is 4.69. The van der Waals surface area contributed by atoms with Crippen molar-refractivity contribution < 1.29 is 23.4 Å². The Kier molecular flexibility index (Phi) is 2.38. The summed E-state index contributed by atoms with van der Waals surface area (Å²) in [6.07, 6.45) is -3.44. The Morgan fingerprint density at radius 3 is 2.35 bits per heavy atom.